The van der Waals surface area contributed by atoms with Crippen molar-refractivity contribution in [2.24, 2.45) is 0 Å². The van der Waals surface area contributed by atoms with Crippen LogP contribution in [0, 0.1) is 6.92 Å². The summed E-state index contributed by atoms with van der Waals surface area (Å²) in [5, 5.41) is 5.96. The summed E-state index contributed by atoms with van der Waals surface area (Å²) in [6.45, 7) is 3.73. The van der Waals surface area contributed by atoms with E-state index in [0.717, 1.165) is 27.9 Å². The van der Waals surface area contributed by atoms with Crippen LogP contribution in [0.25, 0.3) is 22.6 Å². The molecular formula is C18H17N3O2S. The second-order valence-electron chi connectivity index (χ2n) is 5.32. The van der Waals surface area contributed by atoms with Gasteiger partial charge < -0.3 is 15.1 Å². The first kappa shape index (κ1) is 16.1. The van der Waals surface area contributed by atoms with E-state index in [9.17, 15) is 4.79 Å². The van der Waals surface area contributed by atoms with Crippen LogP contribution in [-0.4, -0.2) is 16.0 Å². The van der Waals surface area contributed by atoms with Gasteiger partial charge in [-0.2, -0.15) is 0 Å². The summed E-state index contributed by atoms with van der Waals surface area (Å²) in [7, 11) is 0. The molecule has 2 aromatic carbocycles. The largest absolute Gasteiger partial charge is 0.436 e. The maximum atomic E-state index is 11.4. The minimum Gasteiger partial charge on any atom is -0.436 e. The summed E-state index contributed by atoms with van der Waals surface area (Å²) >= 11 is 5.17. The van der Waals surface area contributed by atoms with E-state index in [-0.39, 0.29) is 11.0 Å². The second kappa shape index (κ2) is 6.80. The van der Waals surface area contributed by atoms with Gasteiger partial charge >= 0.3 is 0 Å². The molecule has 3 aromatic rings. The third-order valence-electron chi connectivity index (χ3n) is 3.68. The number of carbonyl (C=O) groups excluding carboxylic acids is 1. The zero-order chi connectivity index (χ0) is 17.1. The van der Waals surface area contributed by atoms with E-state index in [1.807, 2.05) is 49.4 Å². The summed E-state index contributed by atoms with van der Waals surface area (Å²) in [4.78, 5) is 16.0. The van der Waals surface area contributed by atoms with E-state index in [0.29, 0.717) is 12.3 Å². The fourth-order valence-electron chi connectivity index (χ4n) is 2.36. The minimum absolute atomic E-state index is 0.125. The highest BCUT2D eigenvalue weighted by atomic mass is 32.1. The van der Waals surface area contributed by atoms with Crippen molar-refractivity contribution in [1.82, 2.24) is 10.3 Å². The van der Waals surface area contributed by atoms with E-state index < -0.39 is 0 Å². The number of benzene rings is 2. The van der Waals surface area contributed by atoms with Gasteiger partial charge in [-0.15, -0.1) is 0 Å². The molecule has 1 heterocycles. The first-order chi connectivity index (χ1) is 11.6. The van der Waals surface area contributed by atoms with Crippen LogP contribution in [0.2, 0.25) is 0 Å². The van der Waals surface area contributed by atoms with Gasteiger partial charge in [-0.3, -0.25) is 4.79 Å². The van der Waals surface area contributed by atoms with Crippen LogP contribution in [0.4, 0.5) is 5.69 Å². The maximum Gasteiger partial charge on any atom is 0.227 e. The monoisotopic (exact) mass is 339 g/mol. The van der Waals surface area contributed by atoms with Gasteiger partial charge in [0.2, 0.25) is 11.8 Å². The first-order valence-electron chi connectivity index (χ1n) is 7.65. The molecule has 0 saturated carbocycles. The van der Waals surface area contributed by atoms with Crippen molar-refractivity contribution in [3.8, 4) is 11.5 Å². The molecule has 0 fully saturated rings. The van der Waals surface area contributed by atoms with Crippen molar-refractivity contribution in [2.75, 3.05) is 5.32 Å². The van der Waals surface area contributed by atoms with E-state index in [2.05, 4.69) is 15.6 Å². The van der Waals surface area contributed by atoms with Gasteiger partial charge in [0.15, 0.2) is 10.7 Å². The molecule has 1 amide bonds. The number of para-hydroxylation sites is 2. The number of oxazole rings is 1. The highest BCUT2D eigenvalue weighted by Gasteiger charge is 2.13. The summed E-state index contributed by atoms with van der Waals surface area (Å²) in [6.07, 6.45) is 0.379. The molecule has 0 bridgehead atoms. The summed E-state index contributed by atoms with van der Waals surface area (Å²) in [5.74, 6) is 0.432. The van der Waals surface area contributed by atoms with Crippen LogP contribution in [0.15, 0.2) is 46.9 Å². The smallest absolute Gasteiger partial charge is 0.227 e. The number of aromatic nitrogens is 1. The van der Waals surface area contributed by atoms with Crippen molar-refractivity contribution in [1.29, 1.82) is 0 Å². The number of hydrogen-bond acceptors (Lipinski definition) is 4. The summed E-state index contributed by atoms with van der Waals surface area (Å²) in [6, 6.07) is 13.4. The highest BCUT2D eigenvalue weighted by Crippen LogP contribution is 2.30. The van der Waals surface area contributed by atoms with Gasteiger partial charge in [0.25, 0.3) is 0 Å². The van der Waals surface area contributed by atoms with Gasteiger partial charge in [-0.1, -0.05) is 25.1 Å². The molecule has 0 aliphatic rings. The van der Waals surface area contributed by atoms with Crippen LogP contribution >= 0.6 is 12.2 Å². The molecule has 0 unspecified atom stereocenters. The number of nitrogens with zero attached hydrogens (tertiary/aromatic N) is 1. The molecule has 0 aliphatic heterocycles. The van der Waals surface area contributed by atoms with Crippen LogP contribution in [0.1, 0.15) is 18.9 Å². The lowest BCUT2D eigenvalue weighted by Gasteiger charge is -2.13. The fraction of sp³-hybridized carbons (Fsp3) is 0.167. The van der Waals surface area contributed by atoms with Crippen molar-refractivity contribution >= 4 is 40.0 Å². The number of fused-ring (bicyclic) bond motifs is 1. The number of amides is 1. The molecule has 1 aromatic heterocycles. The molecule has 0 radical (unpaired) electrons. The van der Waals surface area contributed by atoms with Gasteiger partial charge in [0.1, 0.15) is 5.52 Å². The normalized spacial score (nSPS) is 10.6. The predicted octanol–water partition coefficient (Wildman–Crippen LogP) is 4.03. The molecule has 6 heteroatoms. The molecule has 122 valence electrons. The van der Waals surface area contributed by atoms with Gasteiger partial charge in [0, 0.05) is 17.7 Å². The molecule has 0 spiro atoms. The average molecular weight is 339 g/mol. The zero-order valence-electron chi connectivity index (χ0n) is 13.4. The molecule has 0 atom stereocenters. The van der Waals surface area contributed by atoms with Gasteiger partial charge in [-0.25, -0.2) is 4.98 Å². The van der Waals surface area contributed by atoms with E-state index in [1.54, 1.807) is 6.92 Å². The Bertz CT molecular complexity index is 885. The Morgan fingerprint density at radius 2 is 2.00 bits per heavy atom. The molecular weight excluding hydrogens is 322 g/mol. The number of carbonyl (C=O) groups is 1. The standard InChI is InChI=1S/C18H17N3O2S/c1-3-16(22)21-18(24)20-13-9-6-7-12(11(13)2)17-19-14-8-4-5-10-15(14)23-17/h4-10H,3H2,1-2H3,(H2,20,21,22,24). The number of rotatable bonds is 3. The van der Waals surface area contributed by atoms with Gasteiger partial charge in [0.05, 0.1) is 0 Å². The Hall–Kier alpha value is -2.73. The van der Waals surface area contributed by atoms with Crippen LogP contribution in [0.5, 0.6) is 0 Å². The third-order valence-corrected chi connectivity index (χ3v) is 3.88. The Balaban J connectivity index is 1.90. The number of anilines is 1. The SMILES string of the molecule is CCC(=O)NC(=S)Nc1cccc(-c2nc3ccccc3o2)c1C. The quantitative estimate of drug-likeness (QED) is 0.705. The second-order valence-corrected chi connectivity index (χ2v) is 5.73. The van der Waals surface area contributed by atoms with Crippen molar-refractivity contribution in [3.63, 3.8) is 0 Å². The average Bonchev–Trinajstić information content (AvgIpc) is 3.00. The lowest BCUT2D eigenvalue weighted by atomic mass is 10.1. The Labute approximate surface area is 145 Å². The molecule has 2 N–H and O–H groups in total. The van der Waals surface area contributed by atoms with E-state index in [4.69, 9.17) is 16.6 Å². The maximum absolute atomic E-state index is 11.4. The molecule has 24 heavy (non-hydrogen) atoms. The number of hydrogen-bond donors (Lipinski definition) is 2. The first-order valence-corrected chi connectivity index (χ1v) is 8.05. The lowest BCUT2D eigenvalue weighted by Crippen LogP contribution is -2.33. The van der Waals surface area contributed by atoms with Crippen LogP contribution in [-0.2, 0) is 4.79 Å². The Kier molecular flexibility index (Phi) is 4.57. The fourth-order valence-corrected chi connectivity index (χ4v) is 2.58. The predicted molar refractivity (Wildman–Crippen MR) is 98.8 cm³/mol. The van der Waals surface area contributed by atoms with Crippen LogP contribution in [0.3, 0.4) is 0 Å². The molecule has 0 aliphatic carbocycles. The van der Waals surface area contributed by atoms with Crippen LogP contribution < -0.4 is 10.6 Å². The molecule has 0 saturated heterocycles. The third kappa shape index (κ3) is 3.28. The van der Waals surface area contributed by atoms with Crippen molar-refractivity contribution < 1.29 is 9.21 Å². The number of nitrogens with one attached hydrogen (secondary N) is 2. The Morgan fingerprint density at radius 3 is 2.75 bits per heavy atom. The minimum atomic E-state index is -0.125. The zero-order valence-corrected chi connectivity index (χ0v) is 14.2. The summed E-state index contributed by atoms with van der Waals surface area (Å²) in [5.41, 5.74) is 4.18. The van der Waals surface area contributed by atoms with Crippen molar-refractivity contribution in [2.45, 2.75) is 20.3 Å². The Morgan fingerprint density at radius 1 is 1.21 bits per heavy atom. The molecule has 3 rings (SSSR count). The highest BCUT2D eigenvalue weighted by molar-refractivity contribution is 7.80. The van der Waals surface area contributed by atoms with E-state index >= 15 is 0 Å². The lowest BCUT2D eigenvalue weighted by molar-refractivity contribution is -0.119. The number of thiocarbonyl (C=S) groups is 1. The topological polar surface area (TPSA) is 67.2 Å². The van der Waals surface area contributed by atoms with Gasteiger partial charge in [-0.05, 0) is 49.0 Å². The van der Waals surface area contributed by atoms with E-state index in [1.165, 1.54) is 0 Å². The van der Waals surface area contributed by atoms with Crippen molar-refractivity contribution in [3.05, 3.63) is 48.0 Å². The summed E-state index contributed by atoms with van der Waals surface area (Å²) < 4.78 is 5.84. The molecule has 5 nitrogen and oxygen atoms in total.